The Morgan fingerprint density at radius 1 is 1.44 bits per heavy atom. The fraction of sp³-hybridized carbons (Fsp3) is 0.462. The predicted octanol–water partition coefficient (Wildman–Crippen LogP) is 2.18. The van der Waals surface area contributed by atoms with Crippen molar-refractivity contribution in [3.63, 3.8) is 0 Å². The Morgan fingerprint density at radius 3 is 2.67 bits per heavy atom. The van der Waals surface area contributed by atoms with Gasteiger partial charge in [0.2, 0.25) is 6.41 Å². The van der Waals surface area contributed by atoms with E-state index < -0.39 is 0 Å². The molecule has 0 unspecified atom stereocenters. The maximum atomic E-state index is 10.5. The van der Waals surface area contributed by atoms with E-state index in [4.69, 9.17) is 4.74 Å². The number of nitrogens with zero attached hydrogens (tertiary/aromatic N) is 1. The summed E-state index contributed by atoms with van der Waals surface area (Å²) in [6.45, 7) is 4.58. The number of ether oxygens (including phenoxy) is 1. The normalized spacial score (nSPS) is 13.9. The summed E-state index contributed by atoms with van der Waals surface area (Å²) in [4.78, 5) is 10.5. The molecule has 0 bridgehead atoms. The molecule has 1 amide bonds. The highest BCUT2D eigenvalue weighted by atomic mass is 32.1. The molecule has 0 heterocycles. The number of nitrogens with one attached hydrogen (secondary N) is 1. The Kier molecular flexibility index (Phi) is 6.78. The Hall–Kier alpha value is -1.04. The quantitative estimate of drug-likeness (QED) is 0.431. The lowest BCUT2D eigenvalue weighted by molar-refractivity contribution is -0.116. The topological polar surface area (TPSA) is 41.6 Å². The van der Waals surface area contributed by atoms with E-state index in [2.05, 4.69) is 18.2 Å². The van der Waals surface area contributed by atoms with Crippen LogP contribution in [-0.4, -0.2) is 23.0 Å². The fourth-order valence-electron chi connectivity index (χ4n) is 1.65. The average molecular weight is 268 g/mol. The zero-order valence-electron chi connectivity index (χ0n) is 10.7. The van der Waals surface area contributed by atoms with E-state index in [1.807, 2.05) is 44.2 Å². The number of thiol groups is 1. The number of amides is 1. The van der Waals surface area contributed by atoms with Gasteiger partial charge in [-0.2, -0.15) is 0 Å². The van der Waals surface area contributed by atoms with E-state index in [1.165, 1.54) is 0 Å². The molecule has 4 nitrogen and oxygen atoms in total. The van der Waals surface area contributed by atoms with E-state index in [0.717, 1.165) is 16.4 Å². The van der Waals surface area contributed by atoms with Gasteiger partial charge in [0.1, 0.15) is 0 Å². The van der Waals surface area contributed by atoms with Gasteiger partial charge in [-0.25, -0.2) is 9.84 Å². The minimum absolute atomic E-state index is 0.00944. The lowest BCUT2D eigenvalue weighted by atomic mass is 10.1. The number of hydrogen-bond acceptors (Lipinski definition) is 4. The van der Waals surface area contributed by atoms with Crippen molar-refractivity contribution < 1.29 is 9.53 Å². The largest absolute Gasteiger partial charge is 0.372 e. The van der Waals surface area contributed by atoms with Gasteiger partial charge in [-0.15, -0.1) is 0 Å². The second kappa shape index (κ2) is 8.13. The number of hydrazine groups is 1. The van der Waals surface area contributed by atoms with Crippen LogP contribution in [0.1, 0.15) is 25.8 Å². The first-order chi connectivity index (χ1) is 8.67. The van der Waals surface area contributed by atoms with Gasteiger partial charge in [0.15, 0.2) is 0 Å². The summed E-state index contributed by atoms with van der Waals surface area (Å²) in [6, 6.07) is 10.1. The van der Waals surface area contributed by atoms with Gasteiger partial charge in [0.05, 0.1) is 18.8 Å². The Balaban J connectivity index is 2.42. The first-order valence-corrected chi connectivity index (χ1v) is 6.42. The first-order valence-electron chi connectivity index (χ1n) is 6.02. The molecule has 0 aliphatic heterocycles. The van der Waals surface area contributed by atoms with Crippen LogP contribution in [0.25, 0.3) is 0 Å². The van der Waals surface area contributed by atoms with Gasteiger partial charge < -0.3 is 4.74 Å². The Bertz CT molecular complexity index is 348. The van der Waals surface area contributed by atoms with Crippen molar-refractivity contribution in [2.45, 2.75) is 39.0 Å². The Labute approximate surface area is 114 Å². The van der Waals surface area contributed by atoms with Crippen LogP contribution in [0.4, 0.5) is 0 Å². The third-order valence-electron chi connectivity index (χ3n) is 2.76. The summed E-state index contributed by atoms with van der Waals surface area (Å²) < 4.78 is 6.91. The average Bonchev–Trinajstić information content (AvgIpc) is 2.42. The highest BCUT2D eigenvalue weighted by molar-refractivity contribution is 7.78. The van der Waals surface area contributed by atoms with Crippen LogP contribution in [0.5, 0.6) is 0 Å². The van der Waals surface area contributed by atoms with Gasteiger partial charge in [-0.1, -0.05) is 37.3 Å². The summed E-state index contributed by atoms with van der Waals surface area (Å²) in [6.07, 6.45) is 1.46. The molecular weight excluding hydrogens is 248 g/mol. The second-order valence-electron chi connectivity index (χ2n) is 4.10. The molecule has 1 aromatic rings. The molecule has 0 aliphatic rings. The molecule has 1 aromatic carbocycles. The highest BCUT2D eigenvalue weighted by Gasteiger charge is 2.17. The molecule has 1 rings (SSSR count). The van der Waals surface area contributed by atoms with Gasteiger partial charge in [-0.3, -0.25) is 4.79 Å². The first kappa shape index (κ1) is 15.0. The van der Waals surface area contributed by atoms with Crippen LogP contribution in [0.2, 0.25) is 0 Å². The minimum atomic E-state index is -0.00944. The molecular formula is C13H20N2O2S. The lowest BCUT2D eigenvalue weighted by Crippen LogP contribution is -2.45. The third-order valence-corrected chi connectivity index (χ3v) is 2.97. The van der Waals surface area contributed by atoms with Crippen LogP contribution < -0.4 is 5.43 Å². The lowest BCUT2D eigenvalue weighted by Gasteiger charge is -2.26. The summed E-state index contributed by atoms with van der Waals surface area (Å²) in [5.74, 6) is 0. The standard InChI is InChI=1S/C13H20N2O2S/c1-3-13(14-15(18)10-16)11(2)17-9-12-7-5-4-6-8-12/h4-8,10-11,13-14,18H,3,9H2,1-2H3/t11-,13-/m0/s1. The molecule has 0 radical (unpaired) electrons. The minimum Gasteiger partial charge on any atom is -0.372 e. The zero-order chi connectivity index (χ0) is 13.4. The molecule has 2 atom stereocenters. The van der Waals surface area contributed by atoms with Crippen LogP contribution in [-0.2, 0) is 16.1 Å². The van der Waals surface area contributed by atoms with Crippen molar-refractivity contribution in [1.29, 1.82) is 0 Å². The molecule has 0 fully saturated rings. The van der Waals surface area contributed by atoms with E-state index in [0.29, 0.717) is 13.0 Å². The molecule has 0 spiro atoms. The Morgan fingerprint density at radius 2 is 2.11 bits per heavy atom. The van der Waals surface area contributed by atoms with Crippen LogP contribution in [0.15, 0.2) is 30.3 Å². The maximum Gasteiger partial charge on any atom is 0.234 e. The van der Waals surface area contributed by atoms with Crippen LogP contribution in [0.3, 0.4) is 0 Å². The smallest absolute Gasteiger partial charge is 0.234 e. The summed E-state index contributed by atoms with van der Waals surface area (Å²) in [5, 5.41) is 0. The SMILES string of the molecule is CC[C@H](NN(S)C=O)[C@H](C)OCc1ccccc1. The molecule has 0 aromatic heterocycles. The van der Waals surface area contributed by atoms with Gasteiger partial charge in [0, 0.05) is 0 Å². The van der Waals surface area contributed by atoms with E-state index in [9.17, 15) is 4.79 Å². The zero-order valence-corrected chi connectivity index (χ0v) is 11.6. The summed E-state index contributed by atoms with van der Waals surface area (Å²) in [7, 11) is 0. The number of benzene rings is 1. The van der Waals surface area contributed by atoms with Crippen LogP contribution in [0, 0.1) is 0 Å². The summed E-state index contributed by atoms with van der Waals surface area (Å²) >= 11 is 3.95. The van der Waals surface area contributed by atoms with E-state index in [-0.39, 0.29) is 12.1 Å². The number of carbonyl (C=O) groups is 1. The molecule has 0 saturated carbocycles. The molecule has 0 saturated heterocycles. The van der Waals surface area contributed by atoms with Crippen molar-refractivity contribution in [3.8, 4) is 0 Å². The number of rotatable bonds is 8. The molecule has 5 heteroatoms. The molecule has 1 N–H and O–H groups in total. The van der Waals surface area contributed by atoms with Crippen molar-refractivity contribution in [2.75, 3.05) is 0 Å². The second-order valence-corrected chi connectivity index (χ2v) is 4.53. The predicted molar refractivity (Wildman–Crippen MR) is 74.8 cm³/mol. The van der Waals surface area contributed by atoms with Crippen molar-refractivity contribution in [1.82, 2.24) is 9.84 Å². The van der Waals surface area contributed by atoms with Crippen LogP contribution >= 0.6 is 12.8 Å². The third kappa shape index (κ3) is 5.08. The molecule has 0 aliphatic carbocycles. The van der Waals surface area contributed by atoms with Crippen molar-refractivity contribution >= 4 is 19.2 Å². The highest BCUT2D eigenvalue weighted by Crippen LogP contribution is 2.08. The van der Waals surface area contributed by atoms with Gasteiger partial charge in [0.25, 0.3) is 0 Å². The monoisotopic (exact) mass is 268 g/mol. The van der Waals surface area contributed by atoms with Crippen molar-refractivity contribution in [3.05, 3.63) is 35.9 Å². The van der Waals surface area contributed by atoms with Gasteiger partial charge in [-0.05, 0) is 31.7 Å². The fourth-order valence-corrected chi connectivity index (χ4v) is 1.79. The van der Waals surface area contributed by atoms with E-state index >= 15 is 0 Å². The maximum absolute atomic E-state index is 10.5. The number of carbonyl (C=O) groups excluding carboxylic acids is 1. The summed E-state index contributed by atoms with van der Waals surface area (Å²) in [5.41, 5.74) is 4.09. The van der Waals surface area contributed by atoms with E-state index in [1.54, 1.807) is 0 Å². The number of hydrogen-bond donors (Lipinski definition) is 2. The van der Waals surface area contributed by atoms with Gasteiger partial charge >= 0.3 is 0 Å². The van der Waals surface area contributed by atoms with Crippen molar-refractivity contribution in [2.24, 2.45) is 0 Å². The molecule has 100 valence electrons. The molecule has 18 heavy (non-hydrogen) atoms.